The van der Waals surface area contributed by atoms with Gasteiger partial charge in [0.2, 0.25) is 6.29 Å². The van der Waals surface area contributed by atoms with Crippen molar-refractivity contribution >= 4 is 5.97 Å². The Morgan fingerprint density at radius 3 is 2.17 bits per heavy atom. The molecule has 6 fully saturated rings. The zero-order chi connectivity index (χ0) is 35.4. The fraction of sp³-hybridized carbons (Fsp3) is 0.973. The topological polar surface area (TPSA) is 197 Å². The van der Waals surface area contributed by atoms with Crippen molar-refractivity contribution in [1.29, 1.82) is 0 Å². The molecule has 2 spiro atoms. The summed E-state index contributed by atoms with van der Waals surface area (Å²) in [5.41, 5.74) is -3.11. The summed E-state index contributed by atoms with van der Waals surface area (Å²) in [6.45, 7) is 11.9. The first-order valence-corrected chi connectivity index (χ1v) is 18.6. The lowest BCUT2D eigenvalue weighted by Crippen LogP contribution is -2.65. The fourth-order valence-corrected chi connectivity index (χ4v) is 12.9. The molecule has 0 bridgehead atoms. The van der Waals surface area contributed by atoms with Crippen LogP contribution in [0, 0.1) is 56.7 Å². The van der Waals surface area contributed by atoms with Crippen LogP contribution in [0.25, 0.3) is 0 Å². The smallest absolute Gasteiger partial charge is 0.317 e. The average Bonchev–Trinajstić information content (AvgIpc) is 3.67. The predicted octanol–water partition coefficient (Wildman–Crippen LogP) is 1.88. The van der Waals surface area contributed by atoms with E-state index < -0.39 is 71.9 Å². The maximum atomic E-state index is 14.1. The molecular formula is C37H62O11. The molecule has 6 aliphatic rings. The third-order valence-corrected chi connectivity index (χ3v) is 16.4. The van der Waals surface area contributed by atoms with Gasteiger partial charge in [0.25, 0.3) is 0 Å². The minimum Gasteiger partial charge on any atom is -0.432 e. The van der Waals surface area contributed by atoms with E-state index in [1.54, 1.807) is 6.92 Å². The fourth-order valence-electron chi connectivity index (χ4n) is 12.9. The molecule has 0 amide bonds. The van der Waals surface area contributed by atoms with Gasteiger partial charge in [-0.15, -0.1) is 0 Å². The van der Waals surface area contributed by atoms with Crippen LogP contribution in [0.5, 0.6) is 0 Å². The Hall–Kier alpha value is -0.890. The lowest BCUT2D eigenvalue weighted by molar-refractivity contribution is -0.300. The minimum absolute atomic E-state index is 0.0208. The number of rotatable bonds is 9. The number of esters is 1. The van der Waals surface area contributed by atoms with E-state index in [0.29, 0.717) is 30.6 Å². The third-order valence-electron chi connectivity index (χ3n) is 16.4. The summed E-state index contributed by atoms with van der Waals surface area (Å²) in [5, 5.41) is 85.0. The summed E-state index contributed by atoms with van der Waals surface area (Å²) in [4.78, 5) is 14.1. The molecule has 0 aromatic heterocycles. The number of hydrogen-bond acceptors (Lipinski definition) is 11. The number of hydrogen-bond donors (Lipinski definition) is 8. The second-order valence-electron chi connectivity index (χ2n) is 18.1. The molecule has 6 rings (SSSR count). The average molecular weight is 683 g/mol. The summed E-state index contributed by atoms with van der Waals surface area (Å²) in [6.07, 6.45) is -2.03. The summed E-state index contributed by atoms with van der Waals surface area (Å²) in [6, 6.07) is 0. The van der Waals surface area contributed by atoms with Crippen molar-refractivity contribution in [2.24, 2.45) is 56.7 Å². The second-order valence-corrected chi connectivity index (χ2v) is 18.1. The molecule has 5 saturated carbocycles. The van der Waals surface area contributed by atoms with E-state index in [1.165, 1.54) is 0 Å². The number of ether oxygens (including phenoxy) is 2. The SMILES string of the molecule is CC(C)[C@](O)(CO)CC[C@@H](C)[C@H]1CC[C@@]2(C)[C@@H]3CCC4[C@](C)(C(=O)O[C@@H]5O[C@H](CO)[C@@H](O)[C@H](O)[C@H]5O)[C@@H](O)C[C@H](O)[C@@]45C[C@@]35CC[C@]12C. The lowest BCUT2D eigenvalue weighted by atomic mass is 9.41. The van der Waals surface area contributed by atoms with Crippen LogP contribution in [0.15, 0.2) is 0 Å². The number of fused-ring (bicyclic) bond motifs is 2. The molecule has 11 heteroatoms. The van der Waals surface area contributed by atoms with Crippen molar-refractivity contribution < 1.29 is 55.1 Å². The first kappa shape index (κ1) is 36.9. The molecule has 48 heavy (non-hydrogen) atoms. The van der Waals surface area contributed by atoms with Crippen LogP contribution in [0.1, 0.15) is 106 Å². The van der Waals surface area contributed by atoms with Gasteiger partial charge in [0.05, 0.1) is 36.4 Å². The van der Waals surface area contributed by atoms with E-state index in [9.17, 15) is 45.6 Å². The van der Waals surface area contributed by atoms with Gasteiger partial charge in [-0.1, -0.05) is 34.6 Å². The van der Waals surface area contributed by atoms with Crippen molar-refractivity contribution in [1.82, 2.24) is 0 Å². The van der Waals surface area contributed by atoms with Crippen LogP contribution in [-0.4, -0.2) is 109 Å². The monoisotopic (exact) mass is 682 g/mol. The molecule has 1 saturated heterocycles. The van der Waals surface area contributed by atoms with Crippen LogP contribution in [-0.2, 0) is 14.3 Å². The predicted molar refractivity (Wildman–Crippen MR) is 174 cm³/mol. The summed E-state index contributed by atoms with van der Waals surface area (Å²) >= 11 is 0. The lowest BCUT2D eigenvalue weighted by Gasteiger charge is -2.63. The van der Waals surface area contributed by atoms with Crippen molar-refractivity contribution in [3.8, 4) is 0 Å². The van der Waals surface area contributed by atoms with Gasteiger partial charge < -0.3 is 50.3 Å². The summed E-state index contributed by atoms with van der Waals surface area (Å²) in [7, 11) is 0. The Kier molecular flexibility index (Phi) is 9.29. The maximum absolute atomic E-state index is 14.1. The zero-order valence-corrected chi connectivity index (χ0v) is 29.7. The Balaban J connectivity index is 1.24. The van der Waals surface area contributed by atoms with E-state index in [0.717, 1.165) is 44.9 Å². The van der Waals surface area contributed by atoms with E-state index in [-0.39, 0.29) is 41.1 Å². The second kappa shape index (κ2) is 12.1. The molecule has 0 aromatic rings. The molecular weight excluding hydrogens is 620 g/mol. The maximum Gasteiger partial charge on any atom is 0.317 e. The molecule has 5 aliphatic carbocycles. The molecule has 0 aromatic carbocycles. The standard InChI is InChI=1S/C37H62O11/c1-19(2)36(46,18-39)12-9-20(3)21-10-11-33(5)23-7-8-24-34(6,31(45)48-30-29(44)28(43)27(42)22(16-38)47-30)25(40)15-26(41)37(24)17-35(23,37)14-13-32(21,33)4/h19-30,38-44,46H,7-18H2,1-6H3/t20-,21-,22-,23+,24?,25+,26+,27-,28+,29-,30+,32-,33+,34+,35+,36-,37-/m1/s1. The Labute approximate surface area is 285 Å². The normalized spacial score (nSPS) is 53.1. The van der Waals surface area contributed by atoms with Gasteiger partial charge in [0, 0.05) is 11.8 Å². The molecule has 0 radical (unpaired) electrons. The Morgan fingerprint density at radius 2 is 1.54 bits per heavy atom. The molecule has 1 unspecified atom stereocenters. The molecule has 17 atom stereocenters. The summed E-state index contributed by atoms with van der Waals surface area (Å²) < 4.78 is 11.2. The van der Waals surface area contributed by atoms with Crippen molar-refractivity contribution in [2.45, 2.75) is 154 Å². The van der Waals surface area contributed by atoms with E-state index in [2.05, 4.69) is 20.8 Å². The van der Waals surface area contributed by atoms with Crippen LogP contribution in [0.3, 0.4) is 0 Å². The van der Waals surface area contributed by atoms with Gasteiger partial charge in [-0.3, -0.25) is 4.79 Å². The molecule has 1 aliphatic heterocycles. The number of carbonyl (C=O) groups is 1. The van der Waals surface area contributed by atoms with E-state index in [4.69, 9.17) is 9.47 Å². The zero-order valence-electron chi connectivity index (χ0n) is 29.7. The highest BCUT2D eigenvalue weighted by Gasteiger charge is 2.85. The Bertz CT molecular complexity index is 1230. The first-order chi connectivity index (χ1) is 22.3. The van der Waals surface area contributed by atoms with Crippen molar-refractivity contribution in [2.75, 3.05) is 13.2 Å². The van der Waals surface area contributed by atoms with Gasteiger partial charge in [-0.05, 0) is 111 Å². The van der Waals surface area contributed by atoms with Gasteiger partial charge in [-0.25, -0.2) is 0 Å². The number of aliphatic hydroxyl groups is 8. The third kappa shape index (κ3) is 4.74. The highest BCUT2D eigenvalue weighted by Crippen LogP contribution is 2.89. The summed E-state index contributed by atoms with van der Waals surface area (Å²) in [5.74, 6) is 0.0198. The van der Waals surface area contributed by atoms with Gasteiger partial charge in [-0.2, -0.15) is 0 Å². The van der Waals surface area contributed by atoms with Gasteiger partial charge in [0.15, 0.2) is 0 Å². The minimum atomic E-state index is -1.74. The molecule has 276 valence electrons. The highest BCUT2D eigenvalue weighted by molar-refractivity contribution is 5.78. The molecule has 8 N–H and O–H groups in total. The quantitative estimate of drug-likeness (QED) is 0.165. The molecule has 11 nitrogen and oxygen atoms in total. The van der Waals surface area contributed by atoms with Crippen LogP contribution in [0.2, 0.25) is 0 Å². The van der Waals surface area contributed by atoms with E-state index in [1.807, 2.05) is 13.8 Å². The number of aliphatic hydroxyl groups excluding tert-OH is 7. The number of carbonyl (C=O) groups excluding carboxylic acids is 1. The first-order valence-electron chi connectivity index (χ1n) is 18.6. The molecule has 1 heterocycles. The Morgan fingerprint density at radius 1 is 0.875 bits per heavy atom. The van der Waals surface area contributed by atoms with Crippen molar-refractivity contribution in [3.63, 3.8) is 0 Å². The van der Waals surface area contributed by atoms with Crippen LogP contribution >= 0.6 is 0 Å². The van der Waals surface area contributed by atoms with Gasteiger partial charge in [0.1, 0.15) is 24.4 Å². The van der Waals surface area contributed by atoms with Crippen molar-refractivity contribution in [3.05, 3.63) is 0 Å². The van der Waals surface area contributed by atoms with Crippen LogP contribution in [0.4, 0.5) is 0 Å². The van der Waals surface area contributed by atoms with E-state index >= 15 is 0 Å². The van der Waals surface area contributed by atoms with Crippen LogP contribution < -0.4 is 0 Å². The van der Waals surface area contributed by atoms with Gasteiger partial charge >= 0.3 is 5.97 Å². The largest absolute Gasteiger partial charge is 0.432 e. The highest BCUT2D eigenvalue weighted by atomic mass is 16.7.